The second-order valence-corrected chi connectivity index (χ2v) is 6.77. The summed E-state index contributed by atoms with van der Waals surface area (Å²) in [5.41, 5.74) is -0.204. The molecule has 1 nitrogen and oxygen atoms in total. The molecule has 0 fully saturated rings. The molecule has 0 aliphatic rings. The quantitative estimate of drug-likeness (QED) is 0.662. The van der Waals surface area contributed by atoms with Crippen LogP contribution in [0.5, 0.6) is 0 Å². The first-order valence-corrected chi connectivity index (χ1v) is 8.14. The standard InChI is InChI=1S/C15H15BrF3NS/c1-3-11-5-7-14(21-11)9(2)20-10-4-6-13(16)12(8-10)15(17,18)19/h4-9,20H,3H2,1-2H3. The molecule has 0 radical (unpaired) electrons. The topological polar surface area (TPSA) is 12.0 Å². The van der Waals surface area contributed by atoms with Crippen molar-refractivity contribution < 1.29 is 13.2 Å². The summed E-state index contributed by atoms with van der Waals surface area (Å²) in [6.45, 7) is 4.03. The maximum Gasteiger partial charge on any atom is 0.417 e. The SMILES string of the molecule is CCc1ccc(C(C)Nc2ccc(Br)c(C(F)(F)F)c2)s1. The van der Waals surface area contributed by atoms with E-state index in [1.807, 2.05) is 13.0 Å². The molecule has 1 atom stereocenters. The number of halogens is 4. The van der Waals surface area contributed by atoms with E-state index in [9.17, 15) is 13.2 Å². The number of rotatable bonds is 4. The number of alkyl halides is 3. The van der Waals surface area contributed by atoms with Crippen molar-refractivity contribution in [2.75, 3.05) is 5.32 Å². The molecular weight excluding hydrogens is 363 g/mol. The fourth-order valence-corrected chi connectivity index (χ4v) is 3.40. The van der Waals surface area contributed by atoms with Gasteiger partial charge in [0.1, 0.15) is 0 Å². The van der Waals surface area contributed by atoms with Crippen LogP contribution in [-0.4, -0.2) is 0 Å². The van der Waals surface area contributed by atoms with E-state index < -0.39 is 11.7 Å². The summed E-state index contributed by atoms with van der Waals surface area (Å²) in [6.07, 6.45) is -3.40. The lowest BCUT2D eigenvalue weighted by molar-refractivity contribution is -0.138. The second kappa shape index (κ2) is 6.40. The molecule has 0 amide bonds. The van der Waals surface area contributed by atoms with E-state index in [-0.39, 0.29) is 10.5 Å². The van der Waals surface area contributed by atoms with Crippen molar-refractivity contribution in [3.63, 3.8) is 0 Å². The molecule has 0 saturated carbocycles. The second-order valence-electron chi connectivity index (χ2n) is 4.72. The van der Waals surface area contributed by atoms with Crippen molar-refractivity contribution in [2.45, 2.75) is 32.5 Å². The minimum atomic E-state index is -4.36. The summed E-state index contributed by atoms with van der Waals surface area (Å²) in [6, 6.07) is 8.24. The van der Waals surface area contributed by atoms with Crippen molar-refractivity contribution in [3.05, 3.63) is 50.1 Å². The highest BCUT2D eigenvalue weighted by atomic mass is 79.9. The number of hydrogen-bond donors (Lipinski definition) is 1. The third-order valence-electron chi connectivity index (χ3n) is 3.11. The molecule has 0 saturated heterocycles. The molecular formula is C15H15BrF3NS. The monoisotopic (exact) mass is 377 g/mol. The fraction of sp³-hybridized carbons (Fsp3) is 0.333. The third-order valence-corrected chi connectivity index (χ3v) is 5.22. The Morgan fingerprint density at radius 2 is 1.95 bits per heavy atom. The van der Waals surface area contributed by atoms with Crippen LogP contribution >= 0.6 is 27.3 Å². The maximum absolute atomic E-state index is 12.9. The average Bonchev–Trinajstić information content (AvgIpc) is 2.88. The fourth-order valence-electron chi connectivity index (χ4n) is 1.97. The van der Waals surface area contributed by atoms with Crippen LogP contribution < -0.4 is 5.32 Å². The van der Waals surface area contributed by atoms with Crippen molar-refractivity contribution in [1.82, 2.24) is 0 Å². The largest absolute Gasteiger partial charge is 0.417 e. The lowest BCUT2D eigenvalue weighted by Gasteiger charge is -2.16. The van der Waals surface area contributed by atoms with Gasteiger partial charge in [-0.3, -0.25) is 0 Å². The van der Waals surface area contributed by atoms with E-state index in [2.05, 4.69) is 34.2 Å². The van der Waals surface area contributed by atoms with E-state index in [1.54, 1.807) is 17.4 Å². The number of thiophene rings is 1. The lowest BCUT2D eigenvalue weighted by atomic mass is 10.1. The van der Waals surface area contributed by atoms with Crippen LogP contribution in [0.3, 0.4) is 0 Å². The molecule has 0 spiro atoms. The van der Waals surface area contributed by atoms with Gasteiger partial charge in [0, 0.05) is 19.9 Å². The molecule has 1 heterocycles. The Morgan fingerprint density at radius 3 is 2.52 bits per heavy atom. The van der Waals surface area contributed by atoms with Crippen molar-refractivity contribution >= 4 is 33.0 Å². The summed E-state index contributed by atoms with van der Waals surface area (Å²) in [5, 5.41) is 3.12. The van der Waals surface area contributed by atoms with Gasteiger partial charge in [0.2, 0.25) is 0 Å². The molecule has 1 aromatic carbocycles. The summed E-state index contributed by atoms with van der Waals surface area (Å²) in [7, 11) is 0. The van der Waals surface area contributed by atoms with Crippen LogP contribution in [0, 0.1) is 0 Å². The highest BCUT2D eigenvalue weighted by Gasteiger charge is 2.33. The summed E-state index contributed by atoms with van der Waals surface area (Å²) in [4.78, 5) is 2.38. The maximum atomic E-state index is 12.9. The van der Waals surface area contributed by atoms with E-state index in [0.29, 0.717) is 5.69 Å². The first kappa shape index (κ1) is 16.4. The smallest absolute Gasteiger partial charge is 0.378 e. The molecule has 1 N–H and O–H groups in total. The van der Waals surface area contributed by atoms with Gasteiger partial charge in [-0.1, -0.05) is 22.9 Å². The van der Waals surface area contributed by atoms with Crippen LogP contribution in [0.15, 0.2) is 34.8 Å². The predicted molar refractivity (Wildman–Crippen MR) is 84.9 cm³/mol. The van der Waals surface area contributed by atoms with Crippen LogP contribution in [0.4, 0.5) is 18.9 Å². The van der Waals surface area contributed by atoms with Gasteiger partial charge in [-0.05, 0) is 43.7 Å². The highest BCUT2D eigenvalue weighted by Crippen LogP contribution is 2.37. The third kappa shape index (κ3) is 4.01. The molecule has 2 rings (SSSR count). The highest BCUT2D eigenvalue weighted by molar-refractivity contribution is 9.10. The minimum absolute atomic E-state index is 0.0300. The number of hydrogen-bond acceptors (Lipinski definition) is 2. The predicted octanol–water partition coefficient (Wildman–Crippen LogP) is 6.26. The Bertz CT molecular complexity index is 622. The first-order chi connectivity index (χ1) is 9.81. The summed E-state index contributed by atoms with van der Waals surface area (Å²) < 4.78 is 38.7. The van der Waals surface area contributed by atoms with E-state index in [0.717, 1.165) is 17.4 Å². The molecule has 2 aromatic rings. The van der Waals surface area contributed by atoms with Crippen LogP contribution in [0.2, 0.25) is 0 Å². The first-order valence-electron chi connectivity index (χ1n) is 6.53. The van der Waals surface area contributed by atoms with Crippen molar-refractivity contribution in [2.24, 2.45) is 0 Å². The molecule has 0 aliphatic carbocycles. The average molecular weight is 378 g/mol. The summed E-state index contributed by atoms with van der Waals surface area (Å²) >= 11 is 4.62. The Morgan fingerprint density at radius 1 is 1.24 bits per heavy atom. The van der Waals surface area contributed by atoms with Crippen LogP contribution in [-0.2, 0) is 12.6 Å². The van der Waals surface area contributed by atoms with Crippen molar-refractivity contribution in [1.29, 1.82) is 0 Å². The zero-order valence-electron chi connectivity index (χ0n) is 11.6. The van der Waals surface area contributed by atoms with Crippen molar-refractivity contribution in [3.8, 4) is 0 Å². The normalized spacial score (nSPS) is 13.2. The van der Waals surface area contributed by atoms with Gasteiger partial charge < -0.3 is 5.32 Å². The number of anilines is 1. The van der Waals surface area contributed by atoms with Gasteiger partial charge in [-0.25, -0.2) is 0 Å². The van der Waals surface area contributed by atoms with Gasteiger partial charge in [-0.2, -0.15) is 13.2 Å². The van der Waals surface area contributed by atoms with Crippen LogP contribution in [0.1, 0.15) is 35.2 Å². The molecule has 21 heavy (non-hydrogen) atoms. The van der Waals surface area contributed by atoms with Crippen LogP contribution in [0.25, 0.3) is 0 Å². The van der Waals surface area contributed by atoms with Gasteiger partial charge in [0.25, 0.3) is 0 Å². The molecule has 114 valence electrons. The van der Waals surface area contributed by atoms with E-state index in [1.165, 1.54) is 10.9 Å². The zero-order chi connectivity index (χ0) is 15.6. The number of nitrogens with one attached hydrogen (secondary N) is 1. The lowest BCUT2D eigenvalue weighted by Crippen LogP contribution is -2.09. The number of benzene rings is 1. The van der Waals surface area contributed by atoms with E-state index in [4.69, 9.17) is 0 Å². The molecule has 1 aromatic heterocycles. The van der Waals surface area contributed by atoms with Gasteiger partial charge >= 0.3 is 6.18 Å². The Labute approximate surface area is 134 Å². The Balaban J connectivity index is 2.19. The molecule has 1 unspecified atom stereocenters. The minimum Gasteiger partial charge on any atom is -0.378 e. The van der Waals surface area contributed by atoms with E-state index >= 15 is 0 Å². The van der Waals surface area contributed by atoms with Gasteiger partial charge in [0.15, 0.2) is 0 Å². The number of aryl methyl sites for hydroxylation is 1. The van der Waals surface area contributed by atoms with Gasteiger partial charge in [0.05, 0.1) is 11.6 Å². The summed E-state index contributed by atoms with van der Waals surface area (Å²) in [5.74, 6) is 0. The Kier molecular flexibility index (Phi) is 4.99. The molecule has 0 aliphatic heterocycles. The molecule has 0 bridgehead atoms. The van der Waals surface area contributed by atoms with Gasteiger partial charge in [-0.15, -0.1) is 11.3 Å². The molecule has 6 heteroatoms. The zero-order valence-corrected chi connectivity index (χ0v) is 14.0. The Hall–Kier alpha value is -1.01.